The van der Waals surface area contributed by atoms with Gasteiger partial charge in [-0.2, -0.15) is 0 Å². The predicted molar refractivity (Wildman–Crippen MR) is 114 cm³/mol. The van der Waals surface area contributed by atoms with Crippen LogP contribution in [0.4, 0.5) is 0 Å². The fourth-order valence-corrected chi connectivity index (χ4v) is 6.80. The largest absolute Gasteiger partial charge is 0.297 e. The molecule has 3 heteroatoms. The molecule has 4 rings (SSSR count). The van der Waals surface area contributed by atoms with E-state index in [9.17, 15) is 4.57 Å². The Bertz CT molecular complexity index is 895. The summed E-state index contributed by atoms with van der Waals surface area (Å²) in [7, 11) is -2.91. The molecule has 2 atom stereocenters. The van der Waals surface area contributed by atoms with Crippen LogP contribution in [0.2, 0.25) is 0 Å². The van der Waals surface area contributed by atoms with Crippen LogP contribution >= 0.6 is 7.29 Å². The van der Waals surface area contributed by atoms with Crippen molar-refractivity contribution in [3.05, 3.63) is 96.1 Å². The fraction of sp³-hybridized carbons (Fsp3) is 0.250. The van der Waals surface area contributed by atoms with E-state index >= 15 is 0 Å². The quantitative estimate of drug-likeness (QED) is 0.635. The Kier molecular flexibility index (Phi) is 5.29. The molecule has 1 aliphatic rings. The van der Waals surface area contributed by atoms with Crippen LogP contribution in [0.5, 0.6) is 0 Å². The zero-order valence-electron chi connectivity index (χ0n) is 15.7. The summed E-state index contributed by atoms with van der Waals surface area (Å²) in [5.74, 6) is 0.385. The van der Waals surface area contributed by atoms with Gasteiger partial charge < -0.3 is 0 Å². The van der Waals surface area contributed by atoms with E-state index in [0.29, 0.717) is 5.92 Å². The molecule has 1 aliphatic carbocycles. The van der Waals surface area contributed by atoms with Gasteiger partial charge in [-0.3, -0.25) is 9.65 Å². The van der Waals surface area contributed by atoms with Gasteiger partial charge in [0.1, 0.15) is 0 Å². The summed E-state index contributed by atoms with van der Waals surface area (Å²) in [5, 5.41) is 5.33. The van der Waals surface area contributed by atoms with Gasteiger partial charge >= 0.3 is 0 Å². The van der Waals surface area contributed by atoms with Crippen molar-refractivity contribution < 1.29 is 4.57 Å². The third-order valence-corrected chi connectivity index (χ3v) is 8.47. The van der Waals surface area contributed by atoms with Crippen molar-refractivity contribution in [2.45, 2.75) is 38.1 Å². The van der Waals surface area contributed by atoms with Gasteiger partial charge in [0.05, 0.1) is 0 Å². The molecule has 3 aromatic carbocycles. The molecule has 1 N–H and O–H groups in total. The number of benzene rings is 3. The van der Waals surface area contributed by atoms with Crippen molar-refractivity contribution in [2.24, 2.45) is 0 Å². The highest BCUT2D eigenvalue weighted by Crippen LogP contribution is 2.43. The van der Waals surface area contributed by atoms with E-state index in [-0.39, 0.29) is 6.04 Å². The van der Waals surface area contributed by atoms with Gasteiger partial charge in [0.15, 0.2) is 0 Å². The van der Waals surface area contributed by atoms with Crippen LogP contribution in [-0.2, 0) is 11.0 Å². The minimum atomic E-state index is -2.91. The lowest BCUT2D eigenvalue weighted by Crippen LogP contribution is -2.38. The van der Waals surface area contributed by atoms with Gasteiger partial charge in [-0.1, -0.05) is 60.7 Å². The van der Waals surface area contributed by atoms with Crippen LogP contribution in [0, 0.1) is 0 Å². The van der Waals surface area contributed by atoms with Crippen molar-refractivity contribution in [3.63, 3.8) is 0 Å². The van der Waals surface area contributed by atoms with Crippen LogP contribution in [0.25, 0.3) is 0 Å². The van der Waals surface area contributed by atoms with Gasteiger partial charge in [0, 0.05) is 16.7 Å². The lowest BCUT2D eigenvalue weighted by molar-refractivity contribution is 0.456. The third kappa shape index (κ3) is 3.65. The summed E-state index contributed by atoms with van der Waals surface area (Å²) in [4.78, 5) is 0. The van der Waals surface area contributed by atoms with Crippen molar-refractivity contribution in [3.8, 4) is 0 Å². The average Bonchev–Trinajstić information content (AvgIpc) is 2.74. The summed E-state index contributed by atoms with van der Waals surface area (Å²) in [5.41, 5.74) is 2.85. The molecule has 0 aliphatic heterocycles. The molecule has 0 radical (unpaired) electrons. The number of nitrogens with one attached hydrogen (secondary N) is 1. The lowest BCUT2D eigenvalue weighted by atomic mass is 9.79. The molecule has 27 heavy (non-hydrogen) atoms. The van der Waals surface area contributed by atoms with E-state index < -0.39 is 7.29 Å². The smallest absolute Gasteiger partial charge is 0.204 e. The molecule has 138 valence electrons. The molecule has 0 spiro atoms. The molecule has 0 aromatic heterocycles. The molecule has 3 aromatic rings. The minimum Gasteiger partial charge on any atom is -0.297 e. The van der Waals surface area contributed by atoms with Crippen molar-refractivity contribution >= 4 is 17.9 Å². The highest BCUT2D eigenvalue weighted by atomic mass is 31.2. The summed E-state index contributed by atoms with van der Waals surface area (Å²) in [6.07, 6.45) is 3.47. The summed E-state index contributed by atoms with van der Waals surface area (Å²) >= 11 is 0. The van der Waals surface area contributed by atoms with Crippen molar-refractivity contribution in [1.29, 1.82) is 0 Å². The number of hydrogen-bond donors (Lipinski definition) is 1. The Morgan fingerprint density at radius 1 is 0.852 bits per heavy atom. The van der Waals surface area contributed by atoms with E-state index in [1.165, 1.54) is 17.5 Å². The normalized spacial score (nSPS) is 17.9. The maximum atomic E-state index is 14.3. The maximum absolute atomic E-state index is 14.3. The molecule has 0 heterocycles. The second kappa shape index (κ2) is 7.84. The number of rotatable bonds is 5. The summed E-state index contributed by atoms with van der Waals surface area (Å²) < 4.78 is 14.3. The van der Waals surface area contributed by atoms with Crippen molar-refractivity contribution in [1.82, 2.24) is 5.09 Å². The van der Waals surface area contributed by atoms with Crippen molar-refractivity contribution in [2.75, 3.05) is 0 Å². The van der Waals surface area contributed by atoms with E-state index in [2.05, 4.69) is 36.3 Å². The van der Waals surface area contributed by atoms with E-state index in [1.807, 2.05) is 60.7 Å². The molecule has 0 fully saturated rings. The number of fused-ring (bicyclic) bond motifs is 1. The Balaban J connectivity index is 1.70. The summed E-state index contributed by atoms with van der Waals surface area (Å²) in [6.45, 7) is 2.19. The highest BCUT2D eigenvalue weighted by molar-refractivity contribution is 7.76. The molecule has 2 unspecified atom stereocenters. The van der Waals surface area contributed by atoms with Gasteiger partial charge in [-0.15, -0.1) is 0 Å². The molecule has 0 amide bonds. The molecule has 0 saturated heterocycles. The van der Waals surface area contributed by atoms with Gasteiger partial charge in [0.25, 0.3) is 0 Å². The summed E-state index contributed by atoms with van der Waals surface area (Å²) in [6, 6.07) is 28.6. The first-order valence-corrected chi connectivity index (χ1v) is 11.5. The monoisotopic (exact) mass is 375 g/mol. The Hall–Kier alpha value is -2.15. The predicted octanol–water partition coefficient (Wildman–Crippen LogP) is 5.01. The Morgan fingerprint density at radius 2 is 1.41 bits per heavy atom. The number of hydrogen-bond acceptors (Lipinski definition) is 1. The first kappa shape index (κ1) is 18.2. The molecular formula is C24H26NOP. The SMILES string of the molecule is CC(NP(=O)(c1ccccc1)c1ccccc1)C1CCCc2ccccc21. The Morgan fingerprint density at radius 3 is 2.04 bits per heavy atom. The first-order chi connectivity index (χ1) is 13.2. The first-order valence-electron chi connectivity index (χ1n) is 9.75. The van der Waals surface area contributed by atoms with Crippen LogP contribution in [0.15, 0.2) is 84.9 Å². The zero-order valence-corrected chi connectivity index (χ0v) is 16.6. The average molecular weight is 375 g/mol. The molecular weight excluding hydrogens is 349 g/mol. The van der Waals surface area contributed by atoms with E-state index in [1.54, 1.807) is 0 Å². The zero-order chi connectivity index (χ0) is 18.7. The van der Waals surface area contributed by atoms with Gasteiger partial charge in [0.2, 0.25) is 7.29 Å². The number of aryl methyl sites for hydroxylation is 1. The van der Waals surface area contributed by atoms with Crippen LogP contribution < -0.4 is 15.7 Å². The molecule has 2 nitrogen and oxygen atoms in total. The highest BCUT2D eigenvalue weighted by Gasteiger charge is 2.33. The van der Waals surface area contributed by atoms with Crippen LogP contribution in [0.1, 0.15) is 36.8 Å². The fourth-order valence-electron chi connectivity index (χ4n) is 4.26. The standard InChI is InChI=1S/C24H26NOP/c1-19(23-18-10-12-20-11-8-9-17-24(20)23)25-27(26,21-13-4-2-5-14-21)22-15-6-3-7-16-22/h2-9,11,13-17,19,23H,10,12,18H2,1H3,(H,25,26). The Labute approximate surface area is 162 Å². The molecule has 0 bridgehead atoms. The second-order valence-corrected chi connectivity index (χ2v) is 9.91. The van der Waals surface area contributed by atoms with E-state index in [4.69, 9.17) is 0 Å². The van der Waals surface area contributed by atoms with E-state index in [0.717, 1.165) is 23.5 Å². The van der Waals surface area contributed by atoms with Crippen LogP contribution in [0.3, 0.4) is 0 Å². The lowest BCUT2D eigenvalue weighted by Gasteiger charge is -2.34. The second-order valence-electron chi connectivity index (χ2n) is 7.40. The minimum absolute atomic E-state index is 0.123. The third-order valence-electron chi connectivity index (χ3n) is 5.64. The topological polar surface area (TPSA) is 29.1 Å². The van der Waals surface area contributed by atoms with Gasteiger partial charge in [-0.25, -0.2) is 0 Å². The van der Waals surface area contributed by atoms with Gasteiger partial charge in [-0.05, 0) is 67.5 Å². The molecule has 0 saturated carbocycles. The van der Waals surface area contributed by atoms with Crippen LogP contribution in [-0.4, -0.2) is 6.04 Å². The maximum Gasteiger partial charge on any atom is 0.204 e.